The standard InChI is InChI=1S/C14H28O4/c1-2-3-4-5-6-7-8-9-10-11-14(17,18)12-13(15)16/h17-18H,2-12H2,1H3,(H,15,16). The van der Waals surface area contributed by atoms with Gasteiger partial charge in [0.15, 0.2) is 5.79 Å². The molecular weight excluding hydrogens is 232 g/mol. The lowest BCUT2D eigenvalue weighted by atomic mass is 10.0. The summed E-state index contributed by atoms with van der Waals surface area (Å²) in [5.41, 5.74) is 0. The van der Waals surface area contributed by atoms with E-state index >= 15 is 0 Å². The van der Waals surface area contributed by atoms with Gasteiger partial charge in [0.1, 0.15) is 0 Å². The Labute approximate surface area is 110 Å². The smallest absolute Gasteiger partial charge is 0.308 e. The van der Waals surface area contributed by atoms with Crippen LogP contribution in [0.1, 0.15) is 77.6 Å². The van der Waals surface area contributed by atoms with Gasteiger partial charge in [0.25, 0.3) is 0 Å². The first-order valence-electron chi connectivity index (χ1n) is 7.14. The molecule has 0 radical (unpaired) electrons. The first-order valence-corrected chi connectivity index (χ1v) is 7.14. The molecule has 0 aromatic carbocycles. The molecule has 4 heteroatoms. The highest BCUT2D eigenvalue weighted by atomic mass is 16.5. The highest BCUT2D eigenvalue weighted by Gasteiger charge is 2.25. The molecule has 0 heterocycles. The number of aliphatic hydroxyl groups is 2. The lowest BCUT2D eigenvalue weighted by molar-refractivity contribution is -0.184. The Hall–Kier alpha value is -0.610. The van der Waals surface area contributed by atoms with Gasteiger partial charge in [-0.25, -0.2) is 0 Å². The summed E-state index contributed by atoms with van der Waals surface area (Å²) in [6.45, 7) is 2.20. The van der Waals surface area contributed by atoms with Gasteiger partial charge in [0.05, 0.1) is 6.42 Å². The number of unbranched alkanes of at least 4 members (excludes halogenated alkanes) is 8. The number of aliphatic carboxylic acids is 1. The Morgan fingerprint density at radius 2 is 1.33 bits per heavy atom. The molecule has 0 saturated heterocycles. The van der Waals surface area contributed by atoms with E-state index in [1.807, 2.05) is 0 Å². The van der Waals surface area contributed by atoms with E-state index in [0.717, 1.165) is 12.8 Å². The average molecular weight is 260 g/mol. The third kappa shape index (κ3) is 11.9. The molecule has 0 saturated carbocycles. The van der Waals surface area contributed by atoms with Crippen molar-refractivity contribution in [3.05, 3.63) is 0 Å². The second-order valence-corrected chi connectivity index (χ2v) is 5.13. The van der Waals surface area contributed by atoms with E-state index in [9.17, 15) is 15.0 Å². The minimum absolute atomic E-state index is 0.148. The summed E-state index contributed by atoms with van der Waals surface area (Å²) < 4.78 is 0. The summed E-state index contributed by atoms with van der Waals surface area (Å²) in [5, 5.41) is 27.2. The Kier molecular flexibility index (Phi) is 9.98. The normalized spacial score (nSPS) is 11.7. The zero-order chi connectivity index (χ0) is 13.9. The molecule has 0 bridgehead atoms. The van der Waals surface area contributed by atoms with Gasteiger partial charge in [0.2, 0.25) is 0 Å². The van der Waals surface area contributed by atoms with Crippen LogP contribution in [-0.2, 0) is 4.79 Å². The fourth-order valence-corrected chi connectivity index (χ4v) is 2.05. The van der Waals surface area contributed by atoms with Crippen LogP contribution in [0.3, 0.4) is 0 Å². The van der Waals surface area contributed by atoms with E-state index in [0.29, 0.717) is 6.42 Å². The van der Waals surface area contributed by atoms with Crippen LogP contribution in [0.5, 0.6) is 0 Å². The number of carboxylic acids is 1. The van der Waals surface area contributed by atoms with Crippen molar-refractivity contribution >= 4 is 5.97 Å². The topological polar surface area (TPSA) is 77.8 Å². The molecule has 0 fully saturated rings. The Morgan fingerprint density at radius 3 is 1.78 bits per heavy atom. The van der Waals surface area contributed by atoms with Crippen LogP contribution in [0.2, 0.25) is 0 Å². The van der Waals surface area contributed by atoms with Crippen LogP contribution < -0.4 is 0 Å². The lowest BCUT2D eigenvalue weighted by Crippen LogP contribution is -2.31. The molecule has 0 spiro atoms. The van der Waals surface area contributed by atoms with Crippen LogP contribution in [0.4, 0.5) is 0 Å². The summed E-state index contributed by atoms with van der Waals surface area (Å²) in [5.74, 6) is -3.21. The number of carboxylic acid groups (broad SMARTS) is 1. The molecule has 3 N–H and O–H groups in total. The van der Waals surface area contributed by atoms with Gasteiger partial charge in [-0.1, -0.05) is 58.3 Å². The first-order chi connectivity index (χ1) is 8.48. The molecule has 4 nitrogen and oxygen atoms in total. The minimum atomic E-state index is -2.03. The summed E-state index contributed by atoms with van der Waals surface area (Å²) in [7, 11) is 0. The quantitative estimate of drug-likeness (QED) is 0.372. The van der Waals surface area contributed by atoms with Crippen LogP contribution in [-0.4, -0.2) is 27.1 Å². The third-order valence-corrected chi connectivity index (χ3v) is 3.12. The second kappa shape index (κ2) is 10.3. The van der Waals surface area contributed by atoms with Crippen molar-refractivity contribution in [1.29, 1.82) is 0 Å². The minimum Gasteiger partial charge on any atom is -0.481 e. The van der Waals surface area contributed by atoms with E-state index in [-0.39, 0.29) is 6.42 Å². The van der Waals surface area contributed by atoms with Crippen LogP contribution in [0, 0.1) is 0 Å². The van der Waals surface area contributed by atoms with Crippen molar-refractivity contribution in [3.63, 3.8) is 0 Å². The van der Waals surface area contributed by atoms with Crippen molar-refractivity contribution < 1.29 is 20.1 Å². The first kappa shape index (κ1) is 17.4. The van der Waals surface area contributed by atoms with Crippen molar-refractivity contribution in [1.82, 2.24) is 0 Å². The second-order valence-electron chi connectivity index (χ2n) is 5.13. The molecule has 0 aliphatic carbocycles. The van der Waals surface area contributed by atoms with E-state index < -0.39 is 18.2 Å². The van der Waals surface area contributed by atoms with Gasteiger partial charge in [0, 0.05) is 6.42 Å². The van der Waals surface area contributed by atoms with Crippen LogP contribution in [0.25, 0.3) is 0 Å². The van der Waals surface area contributed by atoms with Crippen LogP contribution >= 0.6 is 0 Å². The number of hydrogen-bond acceptors (Lipinski definition) is 3. The zero-order valence-corrected chi connectivity index (χ0v) is 11.5. The SMILES string of the molecule is CCCCCCCCCCCC(O)(O)CC(=O)O. The summed E-state index contributed by atoms with van der Waals surface area (Å²) in [6.07, 6.45) is 9.87. The summed E-state index contributed by atoms with van der Waals surface area (Å²) >= 11 is 0. The molecule has 108 valence electrons. The summed E-state index contributed by atoms with van der Waals surface area (Å²) in [4.78, 5) is 10.4. The third-order valence-electron chi connectivity index (χ3n) is 3.12. The van der Waals surface area contributed by atoms with Gasteiger partial charge in [-0.05, 0) is 6.42 Å². The summed E-state index contributed by atoms with van der Waals surface area (Å²) in [6, 6.07) is 0. The van der Waals surface area contributed by atoms with Crippen molar-refractivity contribution in [2.45, 2.75) is 83.3 Å². The van der Waals surface area contributed by atoms with Gasteiger partial charge in [-0.15, -0.1) is 0 Å². The Balaban J connectivity index is 3.31. The van der Waals surface area contributed by atoms with Crippen molar-refractivity contribution in [2.24, 2.45) is 0 Å². The zero-order valence-electron chi connectivity index (χ0n) is 11.5. The van der Waals surface area contributed by atoms with E-state index in [2.05, 4.69) is 6.92 Å². The van der Waals surface area contributed by atoms with Crippen LogP contribution in [0.15, 0.2) is 0 Å². The predicted octanol–water partition coefficient (Wildman–Crippen LogP) is 3.06. The van der Waals surface area contributed by atoms with E-state index in [1.165, 1.54) is 38.5 Å². The Bertz CT molecular complexity index is 214. The fourth-order valence-electron chi connectivity index (χ4n) is 2.05. The number of carbonyl (C=O) groups is 1. The van der Waals surface area contributed by atoms with Gasteiger partial charge in [-0.2, -0.15) is 0 Å². The van der Waals surface area contributed by atoms with Crippen molar-refractivity contribution in [3.8, 4) is 0 Å². The molecule has 0 aliphatic heterocycles. The fraction of sp³-hybridized carbons (Fsp3) is 0.929. The number of hydrogen-bond donors (Lipinski definition) is 3. The largest absolute Gasteiger partial charge is 0.481 e. The average Bonchev–Trinajstić information content (AvgIpc) is 2.25. The maximum atomic E-state index is 10.4. The molecule has 0 aromatic heterocycles. The molecule has 0 unspecified atom stereocenters. The Morgan fingerprint density at radius 1 is 0.889 bits per heavy atom. The predicted molar refractivity (Wildman–Crippen MR) is 71.3 cm³/mol. The van der Waals surface area contributed by atoms with Gasteiger partial charge >= 0.3 is 5.97 Å². The van der Waals surface area contributed by atoms with E-state index in [4.69, 9.17) is 5.11 Å². The van der Waals surface area contributed by atoms with Gasteiger partial charge < -0.3 is 15.3 Å². The maximum Gasteiger partial charge on any atom is 0.308 e. The maximum absolute atomic E-state index is 10.4. The number of rotatable bonds is 12. The molecule has 0 aliphatic rings. The van der Waals surface area contributed by atoms with Gasteiger partial charge in [-0.3, -0.25) is 4.79 Å². The molecule has 0 rings (SSSR count). The lowest BCUT2D eigenvalue weighted by Gasteiger charge is -2.19. The highest BCUT2D eigenvalue weighted by Crippen LogP contribution is 2.17. The highest BCUT2D eigenvalue weighted by molar-refractivity contribution is 5.67. The molecule has 0 amide bonds. The molecular formula is C14H28O4. The van der Waals surface area contributed by atoms with Crippen molar-refractivity contribution in [2.75, 3.05) is 0 Å². The molecule has 0 atom stereocenters. The van der Waals surface area contributed by atoms with E-state index in [1.54, 1.807) is 0 Å². The molecule has 18 heavy (non-hydrogen) atoms. The molecule has 0 aromatic rings. The monoisotopic (exact) mass is 260 g/mol.